The normalized spacial score (nSPS) is 11.4. The molecule has 0 aliphatic rings. The van der Waals surface area contributed by atoms with Crippen LogP contribution in [0.1, 0.15) is 16.7 Å². The molecule has 0 aromatic heterocycles. The number of hydrogen-bond acceptors (Lipinski definition) is 3. The summed E-state index contributed by atoms with van der Waals surface area (Å²) >= 11 is 3.40. The molecule has 2 aromatic carbocycles. The fourth-order valence-electron chi connectivity index (χ4n) is 2.17. The Balaban J connectivity index is 2.50. The molecule has 0 bridgehead atoms. The predicted octanol–water partition coefficient (Wildman–Crippen LogP) is 3.76. The third kappa shape index (κ3) is 3.39. The maximum absolute atomic E-state index is 12.6. The molecular formula is C15H17BrN2O2S. The van der Waals surface area contributed by atoms with E-state index in [0.29, 0.717) is 16.9 Å². The zero-order chi connectivity index (χ0) is 15.8. The van der Waals surface area contributed by atoms with Gasteiger partial charge in [0.25, 0.3) is 10.0 Å². The molecule has 0 atom stereocenters. The Kier molecular flexibility index (Phi) is 4.30. The molecule has 0 saturated heterocycles. The van der Waals surface area contributed by atoms with Crippen LogP contribution < -0.4 is 10.5 Å². The van der Waals surface area contributed by atoms with Gasteiger partial charge in [0.05, 0.1) is 10.6 Å². The molecule has 0 unspecified atom stereocenters. The molecule has 2 aromatic rings. The van der Waals surface area contributed by atoms with Crippen LogP contribution in [-0.4, -0.2) is 8.42 Å². The second kappa shape index (κ2) is 5.69. The summed E-state index contributed by atoms with van der Waals surface area (Å²) in [4.78, 5) is 0.198. The molecule has 0 amide bonds. The topological polar surface area (TPSA) is 72.2 Å². The highest BCUT2D eigenvalue weighted by molar-refractivity contribution is 9.10. The van der Waals surface area contributed by atoms with Crippen LogP contribution in [0.4, 0.5) is 11.4 Å². The van der Waals surface area contributed by atoms with Crippen LogP contribution >= 0.6 is 15.9 Å². The molecule has 21 heavy (non-hydrogen) atoms. The van der Waals surface area contributed by atoms with Gasteiger partial charge in [0.1, 0.15) is 0 Å². The zero-order valence-electron chi connectivity index (χ0n) is 12.1. The largest absolute Gasteiger partial charge is 0.399 e. The van der Waals surface area contributed by atoms with Crippen LogP contribution in [0.25, 0.3) is 0 Å². The summed E-state index contributed by atoms with van der Waals surface area (Å²) in [6, 6.07) is 8.60. The zero-order valence-corrected chi connectivity index (χ0v) is 14.5. The monoisotopic (exact) mass is 368 g/mol. The van der Waals surface area contributed by atoms with E-state index in [9.17, 15) is 8.42 Å². The van der Waals surface area contributed by atoms with Gasteiger partial charge in [-0.3, -0.25) is 4.72 Å². The van der Waals surface area contributed by atoms with Crippen LogP contribution in [-0.2, 0) is 10.0 Å². The fraction of sp³-hybridized carbons (Fsp3) is 0.200. The van der Waals surface area contributed by atoms with E-state index in [2.05, 4.69) is 20.7 Å². The van der Waals surface area contributed by atoms with Crippen LogP contribution in [0.15, 0.2) is 39.7 Å². The number of rotatable bonds is 3. The van der Waals surface area contributed by atoms with Gasteiger partial charge >= 0.3 is 0 Å². The Morgan fingerprint density at radius 2 is 1.57 bits per heavy atom. The van der Waals surface area contributed by atoms with Gasteiger partial charge in [-0.2, -0.15) is 0 Å². The van der Waals surface area contributed by atoms with Crippen LogP contribution in [0, 0.1) is 20.8 Å². The molecule has 4 nitrogen and oxygen atoms in total. The van der Waals surface area contributed by atoms with Crippen molar-refractivity contribution < 1.29 is 8.42 Å². The lowest BCUT2D eigenvalue weighted by molar-refractivity contribution is 0.600. The molecule has 2 rings (SSSR count). The Labute approximate surface area is 133 Å². The van der Waals surface area contributed by atoms with E-state index in [0.717, 1.165) is 15.6 Å². The maximum Gasteiger partial charge on any atom is 0.262 e. The smallest absolute Gasteiger partial charge is 0.262 e. The number of nitrogens with two attached hydrogens (primary N) is 1. The first-order chi connectivity index (χ1) is 9.70. The standard InChI is InChI=1S/C15H17BrN2O2S/c1-9-4-5-13(17)8-14(9)21(19,20)18-15-10(2)6-12(16)7-11(15)3/h4-8,18H,17H2,1-3H3. The molecule has 0 heterocycles. The Bertz CT molecular complexity index is 778. The number of halogens is 1. The van der Waals surface area contributed by atoms with E-state index >= 15 is 0 Å². The van der Waals surface area contributed by atoms with Crippen molar-refractivity contribution in [2.75, 3.05) is 10.5 Å². The van der Waals surface area contributed by atoms with E-state index in [1.807, 2.05) is 26.0 Å². The van der Waals surface area contributed by atoms with Gasteiger partial charge in [-0.15, -0.1) is 0 Å². The number of nitrogen functional groups attached to an aromatic ring is 1. The second-order valence-corrected chi connectivity index (χ2v) is 7.61. The quantitative estimate of drug-likeness (QED) is 0.810. The molecular weight excluding hydrogens is 352 g/mol. The SMILES string of the molecule is Cc1ccc(N)cc1S(=O)(=O)Nc1c(C)cc(Br)cc1C. The van der Waals surface area contributed by atoms with E-state index in [-0.39, 0.29) is 4.90 Å². The van der Waals surface area contributed by atoms with Crippen LogP contribution in [0.3, 0.4) is 0 Å². The lowest BCUT2D eigenvalue weighted by atomic mass is 10.1. The van der Waals surface area contributed by atoms with E-state index in [1.165, 1.54) is 6.07 Å². The van der Waals surface area contributed by atoms with Crippen molar-refractivity contribution in [3.63, 3.8) is 0 Å². The maximum atomic E-state index is 12.6. The lowest BCUT2D eigenvalue weighted by Crippen LogP contribution is -2.16. The minimum absolute atomic E-state index is 0.198. The summed E-state index contributed by atoms with van der Waals surface area (Å²) in [5.41, 5.74) is 9.08. The summed E-state index contributed by atoms with van der Waals surface area (Å²) in [5.74, 6) is 0. The third-order valence-corrected chi connectivity index (χ3v) is 5.19. The highest BCUT2D eigenvalue weighted by Crippen LogP contribution is 2.28. The second-order valence-electron chi connectivity index (χ2n) is 5.05. The van der Waals surface area contributed by atoms with Gasteiger partial charge in [0, 0.05) is 10.2 Å². The molecule has 0 aliphatic carbocycles. The first-order valence-corrected chi connectivity index (χ1v) is 8.64. The van der Waals surface area contributed by atoms with Gasteiger partial charge < -0.3 is 5.73 Å². The molecule has 0 fully saturated rings. The molecule has 0 radical (unpaired) electrons. The summed E-state index contributed by atoms with van der Waals surface area (Å²) in [6.07, 6.45) is 0. The van der Waals surface area contributed by atoms with Gasteiger partial charge in [-0.25, -0.2) is 8.42 Å². The van der Waals surface area contributed by atoms with Crippen LogP contribution in [0.2, 0.25) is 0 Å². The minimum atomic E-state index is -3.67. The highest BCUT2D eigenvalue weighted by Gasteiger charge is 2.19. The molecule has 0 saturated carbocycles. The van der Waals surface area contributed by atoms with Gasteiger partial charge in [0.15, 0.2) is 0 Å². The first kappa shape index (κ1) is 15.9. The molecule has 3 N–H and O–H groups in total. The van der Waals surface area contributed by atoms with Gasteiger partial charge in [-0.05, 0) is 61.7 Å². The van der Waals surface area contributed by atoms with Crippen molar-refractivity contribution >= 4 is 37.3 Å². The molecule has 6 heteroatoms. The average molecular weight is 369 g/mol. The Morgan fingerprint density at radius 3 is 2.14 bits per heavy atom. The Hall–Kier alpha value is -1.53. The van der Waals surface area contributed by atoms with E-state index < -0.39 is 10.0 Å². The summed E-state index contributed by atoms with van der Waals surface area (Å²) in [6.45, 7) is 5.47. The highest BCUT2D eigenvalue weighted by atomic mass is 79.9. The Morgan fingerprint density at radius 1 is 1.00 bits per heavy atom. The van der Waals surface area contributed by atoms with E-state index in [4.69, 9.17) is 5.73 Å². The predicted molar refractivity (Wildman–Crippen MR) is 90.0 cm³/mol. The molecule has 112 valence electrons. The minimum Gasteiger partial charge on any atom is -0.399 e. The number of hydrogen-bond donors (Lipinski definition) is 2. The van der Waals surface area contributed by atoms with Crippen molar-refractivity contribution in [3.05, 3.63) is 51.5 Å². The first-order valence-electron chi connectivity index (χ1n) is 6.36. The van der Waals surface area contributed by atoms with Crippen LogP contribution in [0.5, 0.6) is 0 Å². The number of sulfonamides is 1. The van der Waals surface area contributed by atoms with Gasteiger partial charge in [0.2, 0.25) is 0 Å². The lowest BCUT2D eigenvalue weighted by Gasteiger charge is -2.15. The van der Waals surface area contributed by atoms with Gasteiger partial charge in [-0.1, -0.05) is 22.0 Å². The number of benzene rings is 2. The number of nitrogens with one attached hydrogen (secondary N) is 1. The molecule has 0 spiro atoms. The average Bonchev–Trinajstić information content (AvgIpc) is 2.36. The van der Waals surface area contributed by atoms with Crippen molar-refractivity contribution in [2.24, 2.45) is 0 Å². The van der Waals surface area contributed by atoms with Crippen molar-refractivity contribution in [2.45, 2.75) is 25.7 Å². The van der Waals surface area contributed by atoms with Crippen molar-refractivity contribution in [1.29, 1.82) is 0 Å². The van der Waals surface area contributed by atoms with E-state index in [1.54, 1.807) is 19.1 Å². The summed E-state index contributed by atoms with van der Waals surface area (Å²) < 4.78 is 28.8. The summed E-state index contributed by atoms with van der Waals surface area (Å²) in [5, 5.41) is 0. The number of aryl methyl sites for hydroxylation is 3. The third-order valence-electron chi connectivity index (χ3n) is 3.24. The summed E-state index contributed by atoms with van der Waals surface area (Å²) in [7, 11) is -3.67. The molecule has 0 aliphatic heterocycles. The fourth-order valence-corrected chi connectivity index (χ4v) is 4.34. The number of anilines is 2. The van der Waals surface area contributed by atoms with Crippen molar-refractivity contribution in [1.82, 2.24) is 0 Å². The van der Waals surface area contributed by atoms with Crippen molar-refractivity contribution in [3.8, 4) is 0 Å².